The van der Waals surface area contributed by atoms with Crippen LogP contribution in [0.5, 0.6) is 0 Å². The number of H-pyrrole nitrogens is 1. The van der Waals surface area contributed by atoms with Crippen molar-refractivity contribution in [3.05, 3.63) is 33.1 Å². The smallest absolute Gasteiger partial charge is 0.394 e. The standard InChI is InChI=1S/C9H14N2O11P2/c12-4-6-5(21-24(18,19)22-23(15,16)17)3-8(20-6)11-2-1-7(13)10-9(11)14/h1-2,5-6,8,12H,3-4H2,(H,18,19)(H,10,13,14)(H2,15,16,17)/t5-,6+,8+/m0/s1. The van der Waals surface area contributed by atoms with Crippen LogP contribution in [-0.2, 0) is 22.7 Å². The fourth-order valence-electron chi connectivity index (χ4n) is 2.12. The van der Waals surface area contributed by atoms with E-state index in [-0.39, 0.29) is 6.42 Å². The van der Waals surface area contributed by atoms with Crippen molar-refractivity contribution in [3.8, 4) is 0 Å². The molecule has 1 fully saturated rings. The molecule has 136 valence electrons. The number of phosphoric acid groups is 2. The van der Waals surface area contributed by atoms with Crippen LogP contribution >= 0.6 is 15.6 Å². The maximum atomic E-state index is 11.7. The number of aromatic amines is 1. The predicted octanol–water partition coefficient (Wildman–Crippen LogP) is -1.59. The van der Waals surface area contributed by atoms with Crippen molar-refractivity contribution in [3.63, 3.8) is 0 Å². The molecule has 0 aliphatic carbocycles. The van der Waals surface area contributed by atoms with Crippen LogP contribution in [0.2, 0.25) is 0 Å². The van der Waals surface area contributed by atoms with Gasteiger partial charge in [-0.05, 0) is 0 Å². The van der Waals surface area contributed by atoms with Gasteiger partial charge in [0, 0.05) is 18.7 Å². The molecule has 1 aliphatic heterocycles. The quantitative estimate of drug-likeness (QED) is 0.352. The van der Waals surface area contributed by atoms with Gasteiger partial charge >= 0.3 is 21.3 Å². The predicted molar refractivity (Wildman–Crippen MR) is 74.8 cm³/mol. The molecule has 2 rings (SSSR count). The summed E-state index contributed by atoms with van der Waals surface area (Å²) in [5, 5.41) is 9.23. The molecule has 5 N–H and O–H groups in total. The van der Waals surface area contributed by atoms with Gasteiger partial charge in [-0.25, -0.2) is 13.9 Å². The zero-order valence-electron chi connectivity index (χ0n) is 11.8. The summed E-state index contributed by atoms with van der Waals surface area (Å²) in [4.78, 5) is 51.2. The molecule has 0 spiro atoms. The molecular weight excluding hydrogens is 374 g/mol. The van der Waals surface area contributed by atoms with Crippen LogP contribution in [0.4, 0.5) is 0 Å². The van der Waals surface area contributed by atoms with Crippen molar-refractivity contribution in [2.24, 2.45) is 0 Å². The Hall–Kier alpha value is -1.14. The topological polar surface area (TPSA) is 198 Å². The third-order valence-corrected chi connectivity index (χ3v) is 5.21. The molecule has 1 aliphatic rings. The number of aliphatic hydroxyl groups excluding tert-OH is 1. The van der Waals surface area contributed by atoms with E-state index in [4.69, 9.17) is 14.5 Å². The third-order valence-electron chi connectivity index (χ3n) is 3.00. The highest BCUT2D eigenvalue weighted by Gasteiger charge is 2.43. The van der Waals surface area contributed by atoms with E-state index in [9.17, 15) is 28.7 Å². The van der Waals surface area contributed by atoms with Crippen LogP contribution in [0.15, 0.2) is 21.9 Å². The maximum absolute atomic E-state index is 11.7. The Labute approximate surface area is 133 Å². The molecule has 0 amide bonds. The summed E-state index contributed by atoms with van der Waals surface area (Å²) >= 11 is 0. The van der Waals surface area contributed by atoms with Gasteiger partial charge in [0.2, 0.25) is 0 Å². The van der Waals surface area contributed by atoms with Crippen molar-refractivity contribution in [1.82, 2.24) is 9.55 Å². The lowest BCUT2D eigenvalue weighted by Crippen LogP contribution is -2.31. The molecule has 13 nitrogen and oxygen atoms in total. The van der Waals surface area contributed by atoms with E-state index in [0.29, 0.717) is 0 Å². The number of hydrogen-bond donors (Lipinski definition) is 5. The SMILES string of the molecule is O=c1ccn([C@H]2C[C@H](OP(=O)(O)OP(=O)(O)O)[C@@H](CO)O2)c(=O)[nH]1. The molecular formula is C9H14N2O11P2. The molecule has 0 aromatic carbocycles. The number of aromatic nitrogens is 2. The molecule has 1 saturated heterocycles. The average molecular weight is 388 g/mol. The minimum Gasteiger partial charge on any atom is -0.394 e. The van der Waals surface area contributed by atoms with Gasteiger partial charge in [-0.15, -0.1) is 0 Å². The highest BCUT2D eigenvalue weighted by atomic mass is 31.3. The zero-order valence-corrected chi connectivity index (χ0v) is 13.6. The summed E-state index contributed by atoms with van der Waals surface area (Å²) in [5.41, 5.74) is -1.46. The Bertz CT molecular complexity index is 797. The summed E-state index contributed by atoms with van der Waals surface area (Å²) in [6.07, 6.45) is -2.64. The monoisotopic (exact) mass is 388 g/mol. The van der Waals surface area contributed by atoms with Gasteiger partial charge in [0.25, 0.3) is 5.56 Å². The lowest BCUT2D eigenvalue weighted by atomic mass is 10.2. The fraction of sp³-hybridized carbons (Fsp3) is 0.556. The third kappa shape index (κ3) is 4.93. The van der Waals surface area contributed by atoms with Crippen LogP contribution in [0, 0.1) is 0 Å². The van der Waals surface area contributed by atoms with Crippen LogP contribution in [0.1, 0.15) is 12.6 Å². The van der Waals surface area contributed by atoms with Gasteiger partial charge in [-0.3, -0.25) is 18.9 Å². The van der Waals surface area contributed by atoms with Crippen molar-refractivity contribution in [2.45, 2.75) is 24.9 Å². The Morgan fingerprint density at radius 2 is 2.00 bits per heavy atom. The first kappa shape index (κ1) is 19.2. The van der Waals surface area contributed by atoms with Crippen LogP contribution in [-0.4, -0.2) is 48.2 Å². The van der Waals surface area contributed by atoms with Crippen LogP contribution in [0.25, 0.3) is 0 Å². The van der Waals surface area contributed by atoms with E-state index in [1.165, 1.54) is 0 Å². The summed E-state index contributed by atoms with van der Waals surface area (Å²) in [7, 11) is -10.4. The Balaban J connectivity index is 2.17. The molecule has 1 aromatic heterocycles. The van der Waals surface area contributed by atoms with Gasteiger partial charge in [0.05, 0.1) is 6.61 Å². The second-order valence-electron chi connectivity index (χ2n) is 4.75. The first-order valence-electron chi connectivity index (χ1n) is 6.36. The van der Waals surface area contributed by atoms with E-state index in [2.05, 4.69) is 8.83 Å². The molecule has 15 heteroatoms. The van der Waals surface area contributed by atoms with Crippen molar-refractivity contribution in [1.29, 1.82) is 0 Å². The van der Waals surface area contributed by atoms with E-state index >= 15 is 0 Å². The first-order chi connectivity index (χ1) is 11.0. The summed E-state index contributed by atoms with van der Waals surface area (Å²) in [5.74, 6) is 0. The Morgan fingerprint density at radius 1 is 1.33 bits per heavy atom. The fourth-order valence-corrected chi connectivity index (χ4v) is 3.92. The van der Waals surface area contributed by atoms with E-state index < -0.39 is 51.9 Å². The first-order valence-corrected chi connectivity index (χ1v) is 9.39. The Kier molecular flexibility index (Phi) is 5.60. The molecule has 2 heterocycles. The normalized spacial score (nSPS) is 27.1. The zero-order chi connectivity index (χ0) is 18.1. The molecule has 1 unspecified atom stereocenters. The molecule has 0 radical (unpaired) electrons. The molecule has 24 heavy (non-hydrogen) atoms. The van der Waals surface area contributed by atoms with E-state index in [1.54, 1.807) is 0 Å². The van der Waals surface area contributed by atoms with Gasteiger partial charge in [0.15, 0.2) is 0 Å². The summed E-state index contributed by atoms with van der Waals surface area (Å²) < 4.78 is 36.7. The minimum absolute atomic E-state index is 0.230. The van der Waals surface area contributed by atoms with E-state index in [0.717, 1.165) is 16.8 Å². The minimum atomic E-state index is -5.30. The number of aliphatic hydroxyl groups is 1. The highest BCUT2D eigenvalue weighted by Crippen LogP contribution is 2.59. The van der Waals surface area contributed by atoms with Crippen LogP contribution in [0.3, 0.4) is 0 Å². The number of ether oxygens (including phenoxy) is 1. The molecule has 0 saturated carbocycles. The van der Waals surface area contributed by atoms with Crippen molar-refractivity contribution in [2.75, 3.05) is 6.61 Å². The number of rotatable bonds is 6. The summed E-state index contributed by atoms with van der Waals surface area (Å²) in [6, 6.07) is 1.04. The average Bonchev–Trinajstić information content (AvgIpc) is 2.77. The number of nitrogens with one attached hydrogen (secondary N) is 1. The number of hydrogen-bond acceptors (Lipinski definition) is 8. The van der Waals surface area contributed by atoms with Crippen molar-refractivity contribution < 1.29 is 42.5 Å². The molecule has 0 bridgehead atoms. The highest BCUT2D eigenvalue weighted by molar-refractivity contribution is 7.60. The Morgan fingerprint density at radius 3 is 2.54 bits per heavy atom. The second-order valence-corrected chi connectivity index (χ2v) is 7.53. The second kappa shape index (κ2) is 7.00. The number of phosphoric ester groups is 1. The van der Waals surface area contributed by atoms with Gasteiger partial charge in [0.1, 0.15) is 18.4 Å². The lowest BCUT2D eigenvalue weighted by molar-refractivity contribution is -0.0452. The van der Waals surface area contributed by atoms with Gasteiger partial charge in [-0.2, -0.15) is 4.31 Å². The van der Waals surface area contributed by atoms with Crippen molar-refractivity contribution >= 4 is 15.6 Å². The molecule has 4 atom stereocenters. The number of nitrogens with zero attached hydrogens (tertiary/aromatic N) is 1. The molecule has 1 aromatic rings. The van der Waals surface area contributed by atoms with Gasteiger partial charge < -0.3 is 24.5 Å². The largest absolute Gasteiger partial charge is 0.481 e. The van der Waals surface area contributed by atoms with E-state index in [1.807, 2.05) is 4.98 Å². The maximum Gasteiger partial charge on any atom is 0.481 e. The lowest BCUT2D eigenvalue weighted by Gasteiger charge is -2.19. The summed E-state index contributed by atoms with van der Waals surface area (Å²) in [6.45, 7) is -0.671. The van der Waals surface area contributed by atoms with Crippen LogP contribution < -0.4 is 11.2 Å². The van der Waals surface area contributed by atoms with Gasteiger partial charge in [-0.1, -0.05) is 0 Å².